The molecule has 8 heteroatoms. The lowest BCUT2D eigenvalue weighted by molar-refractivity contribution is 0.336. The molecule has 0 aliphatic carbocycles. The van der Waals surface area contributed by atoms with Gasteiger partial charge < -0.3 is 14.8 Å². The first-order valence-corrected chi connectivity index (χ1v) is 11.4. The quantitative estimate of drug-likeness (QED) is 0.384. The first kappa shape index (κ1) is 24.8. The normalized spacial score (nSPS) is 12.6. The molecule has 0 atom stereocenters. The third kappa shape index (κ3) is 8.63. The topological polar surface area (TPSA) is 85.7 Å². The van der Waals surface area contributed by atoms with Crippen LogP contribution in [0.2, 0.25) is 0 Å². The van der Waals surface area contributed by atoms with Gasteiger partial charge in [-0.05, 0) is 23.7 Å². The van der Waals surface area contributed by atoms with Crippen LogP contribution in [0.5, 0.6) is 0 Å². The van der Waals surface area contributed by atoms with Gasteiger partial charge in [0.25, 0.3) is 5.95 Å². The van der Waals surface area contributed by atoms with E-state index in [-0.39, 0.29) is 0 Å². The van der Waals surface area contributed by atoms with Crippen LogP contribution in [0.4, 0.5) is 11.8 Å². The van der Waals surface area contributed by atoms with E-state index in [9.17, 15) is 0 Å². The maximum Gasteiger partial charge on any atom is 0.255 e. The lowest BCUT2D eigenvalue weighted by Crippen LogP contribution is -2.30. The SMILES string of the molecule is CC(C)CN(C=Nc1nc(N=CN(CC(C)C)CC(C)C)c2[nH]cnc2n1)CC(C)C. The minimum Gasteiger partial charge on any atom is -0.362 e. The van der Waals surface area contributed by atoms with Crippen LogP contribution in [0.15, 0.2) is 16.3 Å². The zero-order chi connectivity index (χ0) is 23.0. The van der Waals surface area contributed by atoms with E-state index in [2.05, 4.69) is 95.1 Å². The standard InChI is InChI=1S/C23H40N8/c1-16(2)9-30(10-17(3)4)14-26-22-20-21(25-13-24-20)28-23(29-22)27-15-31(11-18(5)6)12-19(7)8/h13-19H,9-12H2,1-8H3,(H,24,25,28,29). The van der Waals surface area contributed by atoms with Gasteiger partial charge in [-0.15, -0.1) is 0 Å². The Balaban J connectivity index is 2.30. The Kier molecular flexibility index (Phi) is 9.40. The van der Waals surface area contributed by atoms with Crippen LogP contribution in [0.1, 0.15) is 55.4 Å². The van der Waals surface area contributed by atoms with Gasteiger partial charge in [-0.25, -0.2) is 15.0 Å². The minimum absolute atomic E-state index is 0.378. The summed E-state index contributed by atoms with van der Waals surface area (Å²) in [5.41, 5.74) is 1.30. The van der Waals surface area contributed by atoms with Gasteiger partial charge in [0.05, 0.1) is 19.0 Å². The first-order chi connectivity index (χ1) is 14.6. The molecule has 0 amide bonds. The Labute approximate surface area is 187 Å². The molecule has 8 nitrogen and oxygen atoms in total. The van der Waals surface area contributed by atoms with Gasteiger partial charge in [0.15, 0.2) is 11.5 Å². The zero-order valence-electron chi connectivity index (χ0n) is 20.5. The summed E-state index contributed by atoms with van der Waals surface area (Å²) in [6.07, 6.45) is 5.36. The number of aromatic amines is 1. The molecular formula is C23H40N8. The molecule has 2 heterocycles. The number of fused-ring (bicyclic) bond motifs is 1. The van der Waals surface area contributed by atoms with Crippen molar-refractivity contribution >= 4 is 35.6 Å². The number of rotatable bonds is 12. The van der Waals surface area contributed by atoms with Gasteiger partial charge in [0.1, 0.15) is 5.52 Å². The van der Waals surface area contributed by atoms with Crippen LogP contribution < -0.4 is 0 Å². The average Bonchev–Trinajstić information content (AvgIpc) is 3.10. The second-order valence-electron chi connectivity index (χ2n) is 9.92. The second-order valence-corrected chi connectivity index (χ2v) is 9.92. The van der Waals surface area contributed by atoms with Gasteiger partial charge in [-0.3, -0.25) is 0 Å². The zero-order valence-corrected chi connectivity index (χ0v) is 20.5. The third-order valence-electron chi connectivity index (χ3n) is 4.33. The van der Waals surface area contributed by atoms with Gasteiger partial charge in [-0.1, -0.05) is 55.4 Å². The summed E-state index contributed by atoms with van der Waals surface area (Å²) in [5, 5.41) is 0. The Bertz CT molecular complexity index is 830. The highest BCUT2D eigenvalue weighted by atomic mass is 15.2. The van der Waals surface area contributed by atoms with Crippen molar-refractivity contribution < 1.29 is 0 Å². The second kappa shape index (κ2) is 11.8. The highest BCUT2D eigenvalue weighted by Gasteiger charge is 2.11. The average molecular weight is 429 g/mol. The van der Waals surface area contributed by atoms with Crippen LogP contribution in [-0.4, -0.2) is 68.6 Å². The van der Waals surface area contributed by atoms with E-state index in [1.54, 1.807) is 6.33 Å². The van der Waals surface area contributed by atoms with Crippen molar-refractivity contribution in [2.75, 3.05) is 26.2 Å². The van der Waals surface area contributed by atoms with Gasteiger partial charge in [0.2, 0.25) is 0 Å². The lowest BCUT2D eigenvalue weighted by Gasteiger charge is -2.23. The Morgan fingerprint density at radius 2 is 1.26 bits per heavy atom. The molecule has 0 saturated carbocycles. The molecule has 0 saturated heterocycles. The third-order valence-corrected chi connectivity index (χ3v) is 4.33. The van der Waals surface area contributed by atoms with E-state index in [1.165, 1.54) is 0 Å². The van der Waals surface area contributed by atoms with E-state index in [0.29, 0.717) is 41.1 Å². The van der Waals surface area contributed by atoms with Crippen molar-refractivity contribution in [3.8, 4) is 0 Å². The van der Waals surface area contributed by atoms with Crippen LogP contribution in [0.25, 0.3) is 11.2 Å². The van der Waals surface area contributed by atoms with Crippen LogP contribution in [-0.2, 0) is 0 Å². The Morgan fingerprint density at radius 1 is 0.774 bits per heavy atom. The Morgan fingerprint density at radius 3 is 1.74 bits per heavy atom. The maximum atomic E-state index is 4.69. The number of nitrogens with zero attached hydrogens (tertiary/aromatic N) is 7. The van der Waals surface area contributed by atoms with Crippen molar-refractivity contribution in [3.63, 3.8) is 0 Å². The number of hydrogen-bond donors (Lipinski definition) is 1. The van der Waals surface area contributed by atoms with Crippen molar-refractivity contribution in [2.45, 2.75) is 55.4 Å². The van der Waals surface area contributed by atoms with Crippen molar-refractivity contribution in [3.05, 3.63) is 6.33 Å². The Hall–Kier alpha value is -2.51. The highest BCUT2D eigenvalue weighted by Crippen LogP contribution is 2.22. The molecule has 0 aromatic carbocycles. The molecule has 0 radical (unpaired) electrons. The summed E-state index contributed by atoms with van der Waals surface area (Å²) in [7, 11) is 0. The van der Waals surface area contributed by atoms with Crippen molar-refractivity contribution in [1.29, 1.82) is 0 Å². The minimum atomic E-state index is 0.378. The van der Waals surface area contributed by atoms with E-state index in [4.69, 9.17) is 0 Å². The molecule has 1 N–H and O–H groups in total. The van der Waals surface area contributed by atoms with Gasteiger partial charge in [-0.2, -0.15) is 9.97 Å². The number of imidazole rings is 1. The number of aliphatic imine (C=N–C) groups is 2. The smallest absolute Gasteiger partial charge is 0.255 e. The predicted octanol–water partition coefficient (Wildman–Crippen LogP) is 4.90. The molecule has 0 aliphatic heterocycles. The monoisotopic (exact) mass is 428 g/mol. The summed E-state index contributed by atoms with van der Waals surface area (Å²) >= 11 is 0. The largest absolute Gasteiger partial charge is 0.362 e. The fourth-order valence-corrected chi connectivity index (χ4v) is 3.44. The number of aromatic nitrogens is 4. The molecular weight excluding hydrogens is 388 g/mol. The van der Waals surface area contributed by atoms with Crippen molar-refractivity contribution in [1.82, 2.24) is 29.7 Å². The van der Waals surface area contributed by atoms with Crippen molar-refractivity contribution in [2.24, 2.45) is 33.7 Å². The summed E-state index contributed by atoms with van der Waals surface area (Å²) in [6, 6.07) is 0. The first-order valence-electron chi connectivity index (χ1n) is 11.4. The van der Waals surface area contributed by atoms with Crippen LogP contribution >= 0.6 is 0 Å². The summed E-state index contributed by atoms with van der Waals surface area (Å²) in [6.45, 7) is 21.5. The molecule has 0 bridgehead atoms. The summed E-state index contributed by atoms with van der Waals surface area (Å²) in [4.78, 5) is 30.2. The number of hydrogen-bond acceptors (Lipinski definition) is 5. The lowest BCUT2D eigenvalue weighted by atomic mass is 10.1. The molecule has 0 spiro atoms. The van der Waals surface area contributed by atoms with E-state index in [0.717, 1.165) is 31.7 Å². The molecule has 2 aromatic rings. The highest BCUT2D eigenvalue weighted by molar-refractivity contribution is 5.83. The molecule has 0 unspecified atom stereocenters. The summed E-state index contributed by atoms with van der Waals surface area (Å²) in [5.74, 6) is 3.14. The fourth-order valence-electron chi connectivity index (χ4n) is 3.44. The van der Waals surface area contributed by atoms with Gasteiger partial charge >= 0.3 is 0 Å². The van der Waals surface area contributed by atoms with E-state index < -0.39 is 0 Å². The van der Waals surface area contributed by atoms with E-state index in [1.807, 2.05) is 12.7 Å². The molecule has 2 aromatic heterocycles. The molecule has 172 valence electrons. The van der Waals surface area contributed by atoms with E-state index >= 15 is 0 Å². The molecule has 0 fully saturated rings. The molecule has 31 heavy (non-hydrogen) atoms. The summed E-state index contributed by atoms with van der Waals surface area (Å²) < 4.78 is 0. The maximum absolute atomic E-state index is 4.69. The molecule has 0 aliphatic rings. The number of nitrogens with one attached hydrogen (secondary N) is 1. The fraction of sp³-hybridized carbons (Fsp3) is 0.696. The van der Waals surface area contributed by atoms with Crippen LogP contribution in [0.3, 0.4) is 0 Å². The molecule has 2 rings (SSSR count). The van der Waals surface area contributed by atoms with Gasteiger partial charge in [0, 0.05) is 26.2 Å². The van der Waals surface area contributed by atoms with Crippen LogP contribution in [0, 0.1) is 23.7 Å². The predicted molar refractivity (Wildman–Crippen MR) is 130 cm³/mol. The number of H-pyrrole nitrogens is 1.